The minimum absolute atomic E-state index is 0.0248. The summed E-state index contributed by atoms with van der Waals surface area (Å²) in [5.41, 5.74) is -2.84. The van der Waals surface area contributed by atoms with Crippen molar-refractivity contribution in [3.63, 3.8) is 0 Å². The first-order chi connectivity index (χ1) is 13.9. The molecule has 0 bridgehead atoms. The molecule has 162 valence electrons. The molecule has 0 aliphatic carbocycles. The fourth-order valence-electron chi connectivity index (χ4n) is 2.80. The summed E-state index contributed by atoms with van der Waals surface area (Å²) < 4.78 is 26.3. The van der Waals surface area contributed by atoms with E-state index >= 15 is 0 Å². The van der Waals surface area contributed by atoms with Crippen molar-refractivity contribution >= 4 is 29.3 Å². The lowest BCUT2D eigenvalue weighted by molar-refractivity contribution is -0.194. The van der Waals surface area contributed by atoms with Crippen LogP contribution in [-0.4, -0.2) is 67.4 Å². The number of carbonyl (C=O) groups is 2. The normalized spacial score (nSPS) is 19.5. The van der Waals surface area contributed by atoms with Crippen LogP contribution in [-0.2, 0) is 19.1 Å². The van der Waals surface area contributed by atoms with Gasteiger partial charge in [0.25, 0.3) is 5.91 Å². The Balaban J connectivity index is 1.88. The van der Waals surface area contributed by atoms with Gasteiger partial charge in [0.15, 0.2) is 28.5 Å². The van der Waals surface area contributed by atoms with Crippen LogP contribution in [0.5, 0.6) is 0 Å². The molecule has 0 spiro atoms. The van der Waals surface area contributed by atoms with Crippen molar-refractivity contribution in [3.05, 3.63) is 29.4 Å². The van der Waals surface area contributed by atoms with E-state index in [1.165, 1.54) is 12.3 Å². The van der Waals surface area contributed by atoms with E-state index < -0.39 is 35.0 Å². The molecular weight excluding hydrogens is 421 g/mol. The van der Waals surface area contributed by atoms with Gasteiger partial charge < -0.3 is 14.6 Å². The number of carbonyl (C=O) groups excluding carboxylic acids is 2. The molecule has 2 atom stereocenters. The van der Waals surface area contributed by atoms with Crippen molar-refractivity contribution in [2.75, 3.05) is 18.1 Å². The molecule has 2 aromatic heterocycles. The molecule has 0 radical (unpaired) electrons. The van der Waals surface area contributed by atoms with Crippen molar-refractivity contribution < 1.29 is 28.6 Å². The minimum Gasteiger partial charge on any atom is -0.458 e. The molecule has 1 saturated heterocycles. The van der Waals surface area contributed by atoms with Gasteiger partial charge in [-0.25, -0.2) is 13.9 Å². The summed E-state index contributed by atoms with van der Waals surface area (Å²) in [4.78, 5) is 26.4. The second-order valence-corrected chi connectivity index (χ2v) is 8.26. The number of aromatic nitrogens is 4. The average molecular weight is 442 g/mol. The Morgan fingerprint density at radius 1 is 1.40 bits per heavy atom. The molecule has 3 rings (SSSR count). The monoisotopic (exact) mass is 441 g/mol. The van der Waals surface area contributed by atoms with Crippen LogP contribution in [0.1, 0.15) is 27.7 Å². The lowest BCUT2D eigenvalue weighted by Gasteiger charge is -2.38. The fourth-order valence-corrected chi connectivity index (χ4v) is 2.96. The summed E-state index contributed by atoms with van der Waals surface area (Å²) in [5.74, 6) is -2.94. The van der Waals surface area contributed by atoms with Gasteiger partial charge in [-0.05, 0) is 27.7 Å². The van der Waals surface area contributed by atoms with E-state index in [1.807, 2.05) is 0 Å². The van der Waals surface area contributed by atoms with Gasteiger partial charge >= 0.3 is 5.97 Å². The van der Waals surface area contributed by atoms with E-state index in [4.69, 9.17) is 21.1 Å². The summed E-state index contributed by atoms with van der Waals surface area (Å²) in [6, 6.07) is 1.42. The molecular formula is C18H21ClFN5O5. The highest BCUT2D eigenvalue weighted by Crippen LogP contribution is 2.28. The molecule has 1 aliphatic heterocycles. The maximum atomic E-state index is 14.6. The second kappa shape index (κ2) is 7.89. The maximum absolute atomic E-state index is 14.6. The first kappa shape index (κ1) is 22.1. The van der Waals surface area contributed by atoms with Crippen molar-refractivity contribution in [1.82, 2.24) is 20.0 Å². The zero-order valence-corrected chi connectivity index (χ0v) is 17.6. The van der Waals surface area contributed by atoms with Crippen LogP contribution in [0.15, 0.2) is 18.5 Å². The SMILES string of the molecule is CC(C)(C)OC(=O)C(C)(O)C1OCCN(c2nn(-c3cnnc(Cl)c3)cc2F)C1=O. The predicted octanol–water partition coefficient (Wildman–Crippen LogP) is 1.28. The predicted molar refractivity (Wildman–Crippen MR) is 103 cm³/mol. The molecule has 0 saturated carbocycles. The van der Waals surface area contributed by atoms with Crippen molar-refractivity contribution in [2.45, 2.75) is 45.0 Å². The van der Waals surface area contributed by atoms with Crippen LogP contribution in [0, 0.1) is 5.82 Å². The molecule has 3 heterocycles. The number of hydrogen-bond donors (Lipinski definition) is 1. The Morgan fingerprint density at radius 2 is 2.10 bits per heavy atom. The third kappa shape index (κ3) is 4.42. The smallest absolute Gasteiger partial charge is 0.341 e. The Labute approximate surface area is 176 Å². The Morgan fingerprint density at radius 3 is 2.73 bits per heavy atom. The quantitative estimate of drug-likeness (QED) is 0.704. The number of esters is 1. The first-order valence-corrected chi connectivity index (χ1v) is 9.40. The zero-order valence-electron chi connectivity index (χ0n) is 16.8. The molecule has 10 nitrogen and oxygen atoms in total. The molecule has 2 unspecified atom stereocenters. The van der Waals surface area contributed by atoms with Crippen LogP contribution in [0.25, 0.3) is 5.69 Å². The molecule has 0 aromatic carbocycles. The van der Waals surface area contributed by atoms with Gasteiger partial charge in [0.05, 0.1) is 31.2 Å². The highest BCUT2D eigenvalue weighted by Gasteiger charge is 2.51. The van der Waals surface area contributed by atoms with E-state index in [2.05, 4.69) is 15.3 Å². The topological polar surface area (TPSA) is 120 Å². The number of amides is 1. The largest absolute Gasteiger partial charge is 0.458 e. The summed E-state index contributed by atoms with van der Waals surface area (Å²) in [6.07, 6.45) is 0.772. The fraction of sp³-hybridized carbons (Fsp3) is 0.500. The van der Waals surface area contributed by atoms with Gasteiger partial charge in [0.1, 0.15) is 5.60 Å². The van der Waals surface area contributed by atoms with E-state index in [0.29, 0.717) is 5.69 Å². The third-order valence-electron chi connectivity index (χ3n) is 4.19. The number of anilines is 1. The van der Waals surface area contributed by atoms with Crippen LogP contribution < -0.4 is 4.90 Å². The number of nitrogens with zero attached hydrogens (tertiary/aromatic N) is 5. The Bertz CT molecular complexity index is 974. The highest BCUT2D eigenvalue weighted by atomic mass is 35.5. The van der Waals surface area contributed by atoms with E-state index in [9.17, 15) is 19.1 Å². The van der Waals surface area contributed by atoms with Gasteiger partial charge in [-0.2, -0.15) is 5.10 Å². The summed E-state index contributed by atoms with van der Waals surface area (Å²) in [6.45, 7) is 5.91. The van der Waals surface area contributed by atoms with Gasteiger partial charge in [-0.1, -0.05) is 11.6 Å². The van der Waals surface area contributed by atoms with Crippen LogP contribution >= 0.6 is 11.6 Å². The van der Waals surface area contributed by atoms with Crippen molar-refractivity contribution in [2.24, 2.45) is 0 Å². The number of rotatable bonds is 4. The molecule has 1 amide bonds. The lowest BCUT2D eigenvalue weighted by Crippen LogP contribution is -2.61. The van der Waals surface area contributed by atoms with Crippen LogP contribution in [0.4, 0.5) is 10.2 Å². The number of morpholine rings is 1. The van der Waals surface area contributed by atoms with Gasteiger partial charge in [0, 0.05) is 6.07 Å². The maximum Gasteiger partial charge on any atom is 0.341 e. The minimum atomic E-state index is -2.29. The molecule has 1 aliphatic rings. The Hall–Kier alpha value is -2.63. The average Bonchev–Trinajstić information content (AvgIpc) is 3.02. The van der Waals surface area contributed by atoms with Crippen LogP contribution in [0.2, 0.25) is 5.15 Å². The number of ether oxygens (including phenoxy) is 2. The molecule has 30 heavy (non-hydrogen) atoms. The Kier molecular flexibility index (Phi) is 5.81. The summed E-state index contributed by atoms with van der Waals surface area (Å²) >= 11 is 5.80. The summed E-state index contributed by atoms with van der Waals surface area (Å²) in [7, 11) is 0. The number of aliphatic hydroxyl groups is 1. The van der Waals surface area contributed by atoms with Gasteiger partial charge in [0.2, 0.25) is 0 Å². The second-order valence-electron chi connectivity index (χ2n) is 7.87. The van der Waals surface area contributed by atoms with E-state index in [0.717, 1.165) is 22.7 Å². The third-order valence-corrected chi connectivity index (χ3v) is 4.38. The van der Waals surface area contributed by atoms with Crippen molar-refractivity contribution in [3.8, 4) is 5.69 Å². The van der Waals surface area contributed by atoms with E-state index in [-0.39, 0.29) is 24.1 Å². The molecule has 1 N–H and O–H groups in total. The van der Waals surface area contributed by atoms with Gasteiger partial charge in [-0.3, -0.25) is 9.69 Å². The van der Waals surface area contributed by atoms with Crippen molar-refractivity contribution in [1.29, 1.82) is 0 Å². The van der Waals surface area contributed by atoms with Crippen LogP contribution in [0.3, 0.4) is 0 Å². The standard InChI is InChI=1S/C18H21ClFN5O5/c1-17(2,3)30-16(27)18(4,28)13-15(26)24(5-6-29-13)14-11(20)9-25(23-14)10-7-12(19)22-21-8-10/h7-9,13,28H,5-6H2,1-4H3. The van der Waals surface area contributed by atoms with E-state index in [1.54, 1.807) is 20.8 Å². The highest BCUT2D eigenvalue weighted by molar-refractivity contribution is 6.29. The lowest BCUT2D eigenvalue weighted by atomic mass is 9.96. The number of hydrogen-bond acceptors (Lipinski definition) is 8. The first-order valence-electron chi connectivity index (χ1n) is 9.03. The molecule has 12 heteroatoms. The van der Waals surface area contributed by atoms with Gasteiger partial charge in [-0.15, -0.1) is 10.2 Å². The molecule has 2 aromatic rings. The molecule has 1 fully saturated rings. The zero-order chi connectivity index (χ0) is 22.3. The number of halogens is 2. The summed E-state index contributed by atoms with van der Waals surface area (Å²) in [5, 5.41) is 22.1.